The van der Waals surface area contributed by atoms with Crippen LogP contribution in [0.25, 0.3) is 0 Å². The second kappa shape index (κ2) is 6.13. The first kappa shape index (κ1) is 14.6. The van der Waals surface area contributed by atoms with E-state index in [9.17, 15) is 9.59 Å². The molecule has 0 spiro atoms. The van der Waals surface area contributed by atoms with Crippen molar-refractivity contribution in [3.8, 4) is 0 Å². The second-order valence-corrected chi connectivity index (χ2v) is 6.08. The number of thioether (sulfide) groups is 1. The van der Waals surface area contributed by atoms with Crippen LogP contribution in [0.2, 0.25) is 0 Å². The lowest BCUT2D eigenvalue weighted by atomic mass is 10.2. The SMILES string of the molecule is CSC1(CNC(=O)Nc2ccc(CC(=O)O)nc2)CC1. The van der Waals surface area contributed by atoms with E-state index in [1.54, 1.807) is 23.9 Å². The maximum atomic E-state index is 11.7. The number of aromatic nitrogens is 1. The Kier molecular flexibility index (Phi) is 4.49. The molecule has 108 valence electrons. The van der Waals surface area contributed by atoms with Gasteiger partial charge in [-0.1, -0.05) is 0 Å². The van der Waals surface area contributed by atoms with Crippen LogP contribution in [0.1, 0.15) is 18.5 Å². The molecule has 0 saturated heterocycles. The largest absolute Gasteiger partial charge is 0.481 e. The molecule has 0 aliphatic heterocycles. The molecule has 1 aliphatic rings. The molecule has 20 heavy (non-hydrogen) atoms. The van der Waals surface area contributed by atoms with Crippen molar-refractivity contribution in [2.24, 2.45) is 0 Å². The summed E-state index contributed by atoms with van der Waals surface area (Å²) < 4.78 is 0.223. The Morgan fingerprint density at radius 2 is 2.20 bits per heavy atom. The minimum absolute atomic E-state index is 0.122. The first-order chi connectivity index (χ1) is 9.53. The maximum Gasteiger partial charge on any atom is 0.319 e. The van der Waals surface area contributed by atoms with Crippen LogP contribution in [0.5, 0.6) is 0 Å². The van der Waals surface area contributed by atoms with E-state index in [1.165, 1.54) is 6.20 Å². The van der Waals surface area contributed by atoms with E-state index in [4.69, 9.17) is 5.11 Å². The van der Waals surface area contributed by atoms with E-state index in [0.29, 0.717) is 17.9 Å². The average molecular weight is 295 g/mol. The second-order valence-electron chi connectivity index (χ2n) is 4.80. The van der Waals surface area contributed by atoms with E-state index in [0.717, 1.165) is 12.8 Å². The van der Waals surface area contributed by atoms with Gasteiger partial charge in [-0.05, 0) is 31.2 Å². The van der Waals surface area contributed by atoms with Crippen molar-refractivity contribution in [2.75, 3.05) is 18.1 Å². The Morgan fingerprint density at radius 1 is 1.45 bits per heavy atom. The molecule has 0 radical (unpaired) electrons. The molecule has 6 nitrogen and oxygen atoms in total. The molecule has 1 aliphatic carbocycles. The number of anilines is 1. The number of carbonyl (C=O) groups is 2. The topological polar surface area (TPSA) is 91.3 Å². The fourth-order valence-corrected chi connectivity index (χ4v) is 2.49. The van der Waals surface area contributed by atoms with Crippen LogP contribution in [-0.2, 0) is 11.2 Å². The Morgan fingerprint density at radius 3 is 2.70 bits per heavy atom. The molecule has 1 heterocycles. The summed E-state index contributed by atoms with van der Waals surface area (Å²) in [5.41, 5.74) is 1.01. The lowest BCUT2D eigenvalue weighted by Gasteiger charge is -2.13. The molecule has 0 aromatic carbocycles. The van der Waals surface area contributed by atoms with Crippen molar-refractivity contribution in [2.45, 2.75) is 24.0 Å². The van der Waals surface area contributed by atoms with Crippen LogP contribution in [-0.4, -0.2) is 39.6 Å². The van der Waals surface area contributed by atoms with Crippen molar-refractivity contribution in [3.05, 3.63) is 24.0 Å². The number of urea groups is 1. The molecular formula is C13H17N3O3S. The highest BCUT2D eigenvalue weighted by Gasteiger charge is 2.41. The van der Waals surface area contributed by atoms with Gasteiger partial charge in [-0.25, -0.2) is 4.79 Å². The van der Waals surface area contributed by atoms with Gasteiger partial charge < -0.3 is 15.7 Å². The minimum atomic E-state index is -0.928. The number of carboxylic acids is 1. The predicted molar refractivity (Wildman–Crippen MR) is 78.1 cm³/mol. The number of rotatable bonds is 6. The third-order valence-corrected chi connectivity index (χ3v) is 4.65. The molecule has 0 atom stereocenters. The van der Waals surface area contributed by atoms with Gasteiger partial charge in [-0.15, -0.1) is 0 Å². The van der Waals surface area contributed by atoms with E-state index >= 15 is 0 Å². The van der Waals surface area contributed by atoms with Crippen LogP contribution < -0.4 is 10.6 Å². The van der Waals surface area contributed by atoms with Crippen molar-refractivity contribution in [1.82, 2.24) is 10.3 Å². The Labute approximate surface area is 121 Å². The predicted octanol–water partition coefficient (Wildman–Crippen LogP) is 1.73. The highest BCUT2D eigenvalue weighted by atomic mass is 32.2. The summed E-state index contributed by atoms with van der Waals surface area (Å²) >= 11 is 1.78. The van der Waals surface area contributed by atoms with Crippen molar-refractivity contribution in [3.63, 3.8) is 0 Å². The van der Waals surface area contributed by atoms with E-state index in [2.05, 4.69) is 21.9 Å². The molecule has 0 bridgehead atoms. The van der Waals surface area contributed by atoms with E-state index < -0.39 is 5.97 Å². The molecular weight excluding hydrogens is 278 g/mol. The fraction of sp³-hybridized carbons (Fsp3) is 0.462. The normalized spacial score (nSPS) is 15.4. The number of nitrogens with one attached hydrogen (secondary N) is 2. The smallest absolute Gasteiger partial charge is 0.319 e. The maximum absolute atomic E-state index is 11.7. The molecule has 3 N–H and O–H groups in total. The number of carboxylic acid groups (broad SMARTS) is 1. The third-order valence-electron chi connectivity index (χ3n) is 3.23. The fourth-order valence-electron chi connectivity index (χ4n) is 1.77. The van der Waals surface area contributed by atoms with Crippen molar-refractivity contribution < 1.29 is 14.7 Å². The summed E-state index contributed by atoms with van der Waals surface area (Å²) in [4.78, 5) is 26.2. The molecule has 2 amide bonds. The molecule has 7 heteroatoms. The standard InChI is InChI=1S/C13H17N3O3S/c1-20-13(4-5-13)8-15-12(19)16-10-3-2-9(14-7-10)6-11(17)18/h2-3,7H,4-6,8H2,1H3,(H,17,18)(H2,15,16,19). The Balaban J connectivity index is 1.80. The van der Waals surface area contributed by atoms with Gasteiger partial charge in [0.1, 0.15) is 0 Å². The number of aliphatic carboxylic acids is 1. The van der Waals surface area contributed by atoms with E-state index in [1.807, 2.05) is 0 Å². The molecule has 1 saturated carbocycles. The monoisotopic (exact) mass is 295 g/mol. The van der Waals surface area contributed by atoms with Crippen LogP contribution >= 0.6 is 11.8 Å². The molecule has 0 unspecified atom stereocenters. The van der Waals surface area contributed by atoms with Gasteiger partial charge in [0.2, 0.25) is 0 Å². The number of hydrogen-bond acceptors (Lipinski definition) is 4. The Bertz CT molecular complexity index is 500. The summed E-state index contributed by atoms with van der Waals surface area (Å²) in [6, 6.07) is 2.97. The van der Waals surface area contributed by atoms with Gasteiger partial charge in [-0.2, -0.15) is 11.8 Å². The Hall–Kier alpha value is -1.76. The van der Waals surface area contributed by atoms with Crippen LogP contribution in [0.15, 0.2) is 18.3 Å². The lowest BCUT2D eigenvalue weighted by Crippen LogP contribution is -2.35. The highest BCUT2D eigenvalue weighted by molar-refractivity contribution is 8.00. The average Bonchev–Trinajstić information content (AvgIpc) is 3.19. The van der Waals surface area contributed by atoms with Crippen LogP contribution in [0.3, 0.4) is 0 Å². The molecule has 2 rings (SSSR count). The van der Waals surface area contributed by atoms with Gasteiger partial charge in [-0.3, -0.25) is 9.78 Å². The van der Waals surface area contributed by atoms with Crippen molar-refractivity contribution >= 4 is 29.4 Å². The molecule has 1 aromatic rings. The van der Waals surface area contributed by atoms with Gasteiger partial charge in [0, 0.05) is 11.3 Å². The first-order valence-corrected chi connectivity index (χ1v) is 7.52. The highest BCUT2D eigenvalue weighted by Crippen LogP contribution is 2.46. The van der Waals surface area contributed by atoms with Gasteiger partial charge in [0.05, 0.1) is 24.0 Å². The van der Waals surface area contributed by atoms with Gasteiger partial charge in [0.15, 0.2) is 0 Å². The zero-order valence-electron chi connectivity index (χ0n) is 11.2. The number of pyridine rings is 1. The summed E-state index contributed by atoms with van der Waals surface area (Å²) in [5, 5.41) is 14.2. The zero-order chi connectivity index (χ0) is 14.6. The van der Waals surface area contributed by atoms with Crippen LogP contribution in [0, 0.1) is 0 Å². The third kappa shape index (κ3) is 4.12. The minimum Gasteiger partial charge on any atom is -0.481 e. The van der Waals surface area contributed by atoms with Crippen LogP contribution in [0.4, 0.5) is 10.5 Å². The summed E-state index contributed by atoms with van der Waals surface area (Å²) in [6.45, 7) is 0.657. The quantitative estimate of drug-likeness (QED) is 0.743. The van der Waals surface area contributed by atoms with Gasteiger partial charge in [0.25, 0.3) is 0 Å². The number of amides is 2. The lowest BCUT2D eigenvalue weighted by molar-refractivity contribution is -0.136. The van der Waals surface area contributed by atoms with E-state index in [-0.39, 0.29) is 17.2 Å². The number of nitrogens with zero attached hydrogens (tertiary/aromatic N) is 1. The zero-order valence-corrected chi connectivity index (χ0v) is 12.0. The summed E-state index contributed by atoms with van der Waals surface area (Å²) in [6.07, 6.45) is 5.67. The molecule has 1 aromatic heterocycles. The number of hydrogen-bond donors (Lipinski definition) is 3. The van der Waals surface area contributed by atoms with Crippen molar-refractivity contribution in [1.29, 1.82) is 0 Å². The van der Waals surface area contributed by atoms with Gasteiger partial charge >= 0.3 is 12.0 Å². The summed E-state index contributed by atoms with van der Waals surface area (Å²) in [7, 11) is 0. The number of carbonyl (C=O) groups excluding carboxylic acids is 1. The molecule has 1 fully saturated rings. The first-order valence-electron chi connectivity index (χ1n) is 6.30. The summed E-state index contributed by atoms with van der Waals surface area (Å²) in [5.74, 6) is -0.928.